The van der Waals surface area contributed by atoms with Crippen molar-refractivity contribution in [2.45, 2.75) is 13.3 Å². The Kier molecular flexibility index (Phi) is 8.47. The summed E-state index contributed by atoms with van der Waals surface area (Å²) in [6, 6.07) is 0. The summed E-state index contributed by atoms with van der Waals surface area (Å²) in [7, 11) is 0. The molecule has 4 nitrogen and oxygen atoms in total. The molecule has 0 aliphatic heterocycles. The molecule has 4 heteroatoms. The Hall–Kier alpha value is -1.29. The van der Waals surface area contributed by atoms with E-state index >= 15 is 0 Å². The highest BCUT2D eigenvalue weighted by molar-refractivity contribution is 5.78. The molecule has 0 rings (SSSR count). The average Bonchev–Trinajstić information content (AvgIpc) is 2.25. The van der Waals surface area contributed by atoms with Gasteiger partial charge in [0.05, 0.1) is 6.54 Å². The van der Waals surface area contributed by atoms with Crippen LogP contribution in [-0.2, 0) is 4.79 Å². The zero-order valence-corrected chi connectivity index (χ0v) is 9.44. The summed E-state index contributed by atoms with van der Waals surface area (Å²) >= 11 is 0. The van der Waals surface area contributed by atoms with E-state index in [2.05, 4.69) is 29.1 Å². The molecule has 0 aromatic rings. The van der Waals surface area contributed by atoms with E-state index in [1.807, 2.05) is 6.92 Å². The molecule has 0 atom stereocenters. The Balaban J connectivity index is 3.33. The molecule has 0 radical (unpaired) electrons. The van der Waals surface area contributed by atoms with Crippen LogP contribution >= 0.6 is 0 Å². The molecule has 0 bridgehead atoms. The Morgan fingerprint density at radius 1 is 1.33 bits per heavy atom. The van der Waals surface area contributed by atoms with Gasteiger partial charge in [-0.15, -0.1) is 6.58 Å². The van der Waals surface area contributed by atoms with Crippen molar-refractivity contribution in [3.63, 3.8) is 0 Å². The monoisotopic (exact) mass is 211 g/mol. The van der Waals surface area contributed by atoms with Crippen LogP contribution in [0.1, 0.15) is 13.3 Å². The molecule has 0 aromatic carbocycles. The van der Waals surface area contributed by atoms with Gasteiger partial charge in [-0.25, -0.2) is 0 Å². The molecular weight excluding hydrogens is 190 g/mol. The van der Waals surface area contributed by atoms with Crippen molar-refractivity contribution >= 4 is 5.91 Å². The summed E-state index contributed by atoms with van der Waals surface area (Å²) in [5, 5.41) is 8.82. The van der Waals surface area contributed by atoms with Crippen molar-refractivity contribution in [3.8, 4) is 0 Å². The van der Waals surface area contributed by atoms with Gasteiger partial charge in [0, 0.05) is 25.3 Å². The van der Waals surface area contributed by atoms with Crippen molar-refractivity contribution in [3.05, 3.63) is 24.9 Å². The smallest absolute Gasteiger partial charge is 0.239 e. The molecular formula is C11H21N3O. The van der Waals surface area contributed by atoms with E-state index < -0.39 is 0 Å². The van der Waals surface area contributed by atoms with Crippen LogP contribution in [0.4, 0.5) is 0 Å². The maximum atomic E-state index is 11.2. The van der Waals surface area contributed by atoms with Gasteiger partial charge >= 0.3 is 0 Å². The first-order valence-electron chi connectivity index (χ1n) is 5.20. The number of hydrogen-bond donors (Lipinski definition) is 3. The molecule has 0 spiro atoms. The lowest BCUT2D eigenvalue weighted by atomic mass is 10.4. The predicted octanol–water partition coefficient (Wildman–Crippen LogP) is 0.392. The molecule has 0 saturated carbocycles. The lowest BCUT2D eigenvalue weighted by Crippen LogP contribution is -2.37. The lowest BCUT2D eigenvalue weighted by molar-refractivity contribution is -0.120. The first kappa shape index (κ1) is 13.7. The minimum absolute atomic E-state index is 0.00926. The molecule has 0 aliphatic carbocycles. The number of nitrogens with one attached hydrogen (secondary N) is 3. The normalized spacial score (nSPS) is 9.40. The highest BCUT2D eigenvalue weighted by Crippen LogP contribution is 1.87. The second-order valence-electron chi connectivity index (χ2n) is 3.15. The van der Waals surface area contributed by atoms with Crippen LogP contribution in [0.15, 0.2) is 24.9 Å². The summed E-state index contributed by atoms with van der Waals surface area (Å²) in [4.78, 5) is 11.2. The topological polar surface area (TPSA) is 53.2 Å². The van der Waals surface area contributed by atoms with E-state index in [0.29, 0.717) is 13.1 Å². The van der Waals surface area contributed by atoms with Crippen LogP contribution in [0.2, 0.25) is 0 Å². The zero-order valence-electron chi connectivity index (χ0n) is 9.44. The minimum atomic E-state index is -0.00926. The quantitative estimate of drug-likeness (QED) is 0.382. The fourth-order valence-electron chi connectivity index (χ4n) is 0.887. The maximum Gasteiger partial charge on any atom is 0.239 e. The SMILES string of the molecule is C=CCNCCNC(=O)CNC(=C)CC. The molecule has 0 unspecified atom stereocenters. The molecule has 15 heavy (non-hydrogen) atoms. The van der Waals surface area contributed by atoms with Gasteiger partial charge in [-0.05, 0) is 6.42 Å². The number of carbonyl (C=O) groups excluding carboxylic acids is 1. The van der Waals surface area contributed by atoms with Gasteiger partial charge in [-0.1, -0.05) is 19.6 Å². The van der Waals surface area contributed by atoms with E-state index in [0.717, 1.165) is 25.2 Å². The van der Waals surface area contributed by atoms with Gasteiger partial charge in [0.15, 0.2) is 0 Å². The highest BCUT2D eigenvalue weighted by Gasteiger charge is 1.99. The standard InChI is InChI=1S/C11H21N3O/c1-4-6-12-7-8-13-11(15)9-14-10(3)5-2/h4,12,14H,1,3,5-9H2,2H3,(H,13,15). The third kappa shape index (κ3) is 9.02. The van der Waals surface area contributed by atoms with Gasteiger partial charge < -0.3 is 16.0 Å². The molecule has 0 heterocycles. The first-order valence-corrected chi connectivity index (χ1v) is 5.20. The average molecular weight is 211 g/mol. The highest BCUT2D eigenvalue weighted by atomic mass is 16.1. The summed E-state index contributed by atoms with van der Waals surface area (Å²) < 4.78 is 0. The van der Waals surface area contributed by atoms with Crippen LogP contribution < -0.4 is 16.0 Å². The van der Waals surface area contributed by atoms with Crippen molar-refractivity contribution in [2.24, 2.45) is 0 Å². The fourth-order valence-corrected chi connectivity index (χ4v) is 0.887. The molecule has 0 saturated heterocycles. The van der Waals surface area contributed by atoms with Gasteiger partial charge in [0.2, 0.25) is 5.91 Å². The summed E-state index contributed by atoms with van der Waals surface area (Å²) in [5.41, 5.74) is 0.884. The zero-order chi connectivity index (χ0) is 11.5. The van der Waals surface area contributed by atoms with Gasteiger partial charge in [-0.3, -0.25) is 4.79 Å². The van der Waals surface area contributed by atoms with Crippen molar-refractivity contribution in [1.82, 2.24) is 16.0 Å². The first-order chi connectivity index (χ1) is 7.20. The second kappa shape index (κ2) is 9.27. The Bertz CT molecular complexity index is 214. The minimum Gasteiger partial charge on any atom is -0.380 e. The summed E-state index contributed by atoms with van der Waals surface area (Å²) in [6.07, 6.45) is 2.63. The van der Waals surface area contributed by atoms with Crippen LogP contribution in [0.3, 0.4) is 0 Å². The maximum absolute atomic E-state index is 11.2. The predicted molar refractivity (Wildman–Crippen MR) is 63.5 cm³/mol. The van der Waals surface area contributed by atoms with E-state index in [1.54, 1.807) is 6.08 Å². The number of carbonyl (C=O) groups is 1. The molecule has 0 aromatic heterocycles. The Morgan fingerprint density at radius 2 is 2.07 bits per heavy atom. The van der Waals surface area contributed by atoms with Crippen LogP contribution in [-0.4, -0.2) is 32.1 Å². The van der Waals surface area contributed by atoms with Crippen LogP contribution in [0.25, 0.3) is 0 Å². The van der Waals surface area contributed by atoms with Gasteiger partial charge in [0.1, 0.15) is 0 Å². The number of amides is 1. The fraction of sp³-hybridized carbons (Fsp3) is 0.545. The Morgan fingerprint density at radius 3 is 2.67 bits per heavy atom. The van der Waals surface area contributed by atoms with E-state index in [4.69, 9.17) is 0 Å². The summed E-state index contributed by atoms with van der Waals surface area (Å²) in [6.45, 7) is 11.8. The molecule has 0 aliphatic rings. The van der Waals surface area contributed by atoms with Gasteiger partial charge in [-0.2, -0.15) is 0 Å². The number of allylic oxidation sites excluding steroid dienone is 1. The Labute approximate surface area is 91.8 Å². The molecule has 3 N–H and O–H groups in total. The molecule has 0 fully saturated rings. The van der Waals surface area contributed by atoms with Crippen LogP contribution in [0, 0.1) is 0 Å². The third-order valence-corrected chi connectivity index (χ3v) is 1.84. The third-order valence-electron chi connectivity index (χ3n) is 1.84. The number of hydrogen-bond acceptors (Lipinski definition) is 3. The molecule has 86 valence electrons. The van der Waals surface area contributed by atoms with Gasteiger partial charge in [0.25, 0.3) is 0 Å². The largest absolute Gasteiger partial charge is 0.380 e. The lowest BCUT2D eigenvalue weighted by Gasteiger charge is -2.08. The summed E-state index contributed by atoms with van der Waals surface area (Å²) in [5.74, 6) is -0.00926. The van der Waals surface area contributed by atoms with Crippen molar-refractivity contribution in [1.29, 1.82) is 0 Å². The van der Waals surface area contributed by atoms with E-state index in [1.165, 1.54) is 0 Å². The van der Waals surface area contributed by atoms with Crippen molar-refractivity contribution in [2.75, 3.05) is 26.2 Å². The molecule has 1 amide bonds. The van der Waals surface area contributed by atoms with E-state index in [-0.39, 0.29) is 5.91 Å². The number of rotatable bonds is 9. The van der Waals surface area contributed by atoms with Crippen molar-refractivity contribution < 1.29 is 4.79 Å². The van der Waals surface area contributed by atoms with Crippen LogP contribution in [0.5, 0.6) is 0 Å². The second-order valence-corrected chi connectivity index (χ2v) is 3.15. The van der Waals surface area contributed by atoms with E-state index in [9.17, 15) is 4.79 Å².